The van der Waals surface area contributed by atoms with Crippen LogP contribution in [0.25, 0.3) is 0 Å². The third-order valence-electron chi connectivity index (χ3n) is 2.36. The predicted octanol–water partition coefficient (Wildman–Crippen LogP) is 2.69. The lowest BCUT2D eigenvalue weighted by Gasteiger charge is -2.09. The molecular formula is C12H10F4N4O. The minimum absolute atomic E-state index is 0.0758. The molecule has 0 saturated carbocycles. The molecule has 2 N–H and O–H groups in total. The smallest absolute Gasteiger partial charge is 0.406 e. The molecule has 112 valence electrons. The molecule has 0 atom stereocenters. The van der Waals surface area contributed by atoms with Gasteiger partial charge in [-0.25, -0.2) is 14.1 Å². The van der Waals surface area contributed by atoms with Crippen molar-refractivity contribution in [1.82, 2.24) is 9.66 Å². The first-order chi connectivity index (χ1) is 9.74. The van der Waals surface area contributed by atoms with Gasteiger partial charge < -0.3 is 10.5 Å². The minimum Gasteiger partial charge on any atom is -0.406 e. The van der Waals surface area contributed by atoms with Gasteiger partial charge in [-0.1, -0.05) is 0 Å². The first-order valence-corrected chi connectivity index (χ1v) is 5.66. The summed E-state index contributed by atoms with van der Waals surface area (Å²) in [5, 5.41) is 3.82. The summed E-state index contributed by atoms with van der Waals surface area (Å²) in [4.78, 5) is 3.87. The van der Waals surface area contributed by atoms with E-state index >= 15 is 0 Å². The van der Waals surface area contributed by atoms with Gasteiger partial charge in [0.1, 0.15) is 11.6 Å². The Morgan fingerprint density at radius 2 is 2.10 bits per heavy atom. The van der Waals surface area contributed by atoms with Gasteiger partial charge in [0.25, 0.3) is 0 Å². The number of alkyl halides is 3. The standard InChI is InChI=1S/C12H10F4N4O/c1-7-6-20(11(17)19-7)18-5-8-4-9(2-3-10(8)13)21-12(14,15)16/h2-6H,1H3,(H2,17,19). The molecule has 0 fully saturated rings. The van der Waals surface area contributed by atoms with E-state index in [-0.39, 0.29) is 11.5 Å². The van der Waals surface area contributed by atoms with Crippen LogP contribution in [0.3, 0.4) is 0 Å². The number of hydrogen-bond acceptors (Lipinski definition) is 4. The molecule has 0 aliphatic heterocycles. The highest BCUT2D eigenvalue weighted by Crippen LogP contribution is 2.24. The Morgan fingerprint density at radius 3 is 2.67 bits per heavy atom. The zero-order chi connectivity index (χ0) is 15.6. The van der Waals surface area contributed by atoms with E-state index in [1.165, 1.54) is 10.9 Å². The van der Waals surface area contributed by atoms with Crippen molar-refractivity contribution >= 4 is 12.2 Å². The summed E-state index contributed by atoms with van der Waals surface area (Å²) in [6, 6.07) is 2.60. The minimum atomic E-state index is -4.85. The van der Waals surface area contributed by atoms with Crippen molar-refractivity contribution in [2.24, 2.45) is 5.10 Å². The quantitative estimate of drug-likeness (QED) is 0.700. The number of halogens is 4. The number of nitrogens with two attached hydrogens (primary N) is 1. The van der Waals surface area contributed by atoms with E-state index in [0.29, 0.717) is 5.69 Å². The Balaban J connectivity index is 2.27. The Labute approximate surface area is 116 Å². The number of nitrogen functional groups attached to an aromatic ring is 1. The second-order valence-electron chi connectivity index (χ2n) is 4.06. The van der Waals surface area contributed by atoms with Gasteiger partial charge in [0.05, 0.1) is 18.1 Å². The van der Waals surface area contributed by atoms with Gasteiger partial charge >= 0.3 is 6.36 Å². The third-order valence-corrected chi connectivity index (χ3v) is 2.36. The number of ether oxygens (including phenoxy) is 1. The summed E-state index contributed by atoms with van der Waals surface area (Å²) in [6.45, 7) is 1.68. The lowest BCUT2D eigenvalue weighted by molar-refractivity contribution is -0.274. The summed E-state index contributed by atoms with van der Waals surface area (Å²) in [7, 11) is 0. The van der Waals surface area contributed by atoms with E-state index < -0.39 is 17.9 Å². The van der Waals surface area contributed by atoms with Crippen LogP contribution in [0, 0.1) is 12.7 Å². The van der Waals surface area contributed by atoms with Crippen LogP contribution in [0.2, 0.25) is 0 Å². The highest BCUT2D eigenvalue weighted by molar-refractivity contribution is 5.80. The van der Waals surface area contributed by atoms with Crippen LogP contribution < -0.4 is 10.5 Å². The number of nitrogens with zero attached hydrogens (tertiary/aromatic N) is 3. The second kappa shape index (κ2) is 5.43. The molecule has 0 aliphatic rings. The Kier molecular flexibility index (Phi) is 3.83. The van der Waals surface area contributed by atoms with Crippen LogP contribution in [0.15, 0.2) is 29.5 Å². The van der Waals surface area contributed by atoms with Gasteiger partial charge in [-0.05, 0) is 25.1 Å². The second-order valence-corrected chi connectivity index (χ2v) is 4.06. The zero-order valence-corrected chi connectivity index (χ0v) is 10.7. The molecule has 0 spiro atoms. The van der Waals surface area contributed by atoms with Gasteiger partial charge in [0.15, 0.2) is 0 Å². The average molecular weight is 302 g/mol. The van der Waals surface area contributed by atoms with Crippen LogP contribution in [0.1, 0.15) is 11.3 Å². The van der Waals surface area contributed by atoms with Gasteiger partial charge in [0.2, 0.25) is 5.95 Å². The predicted molar refractivity (Wildman–Crippen MR) is 67.5 cm³/mol. The van der Waals surface area contributed by atoms with Crippen LogP contribution in [-0.4, -0.2) is 22.2 Å². The molecule has 1 heterocycles. The summed E-state index contributed by atoms with van der Waals surface area (Å²) in [5.74, 6) is -1.21. The summed E-state index contributed by atoms with van der Waals surface area (Å²) >= 11 is 0. The van der Waals surface area contributed by atoms with Crippen molar-refractivity contribution in [3.05, 3.63) is 41.5 Å². The average Bonchev–Trinajstić information content (AvgIpc) is 2.67. The van der Waals surface area contributed by atoms with Crippen molar-refractivity contribution in [3.8, 4) is 5.75 Å². The molecule has 21 heavy (non-hydrogen) atoms. The van der Waals surface area contributed by atoms with Crippen molar-refractivity contribution in [1.29, 1.82) is 0 Å². The van der Waals surface area contributed by atoms with Gasteiger partial charge in [-0.3, -0.25) is 0 Å². The maximum Gasteiger partial charge on any atom is 0.573 e. The summed E-state index contributed by atoms with van der Waals surface area (Å²) in [5.41, 5.74) is 5.95. The third kappa shape index (κ3) is 3.94. The SMILES string of the molecule is Cc1cn(N=Cc2cc(OC(F)(F)F)ccc2F)c(N)n1. The highest BCUT2D eigenvalue weighted by Gasteiger charge is 2.31. The number of aryl methyl sites for hydroxylation is 1. The molecule has 0 unspecified atom stereocenters. The summed E-state index contributed by atoms with van der Waals surface area (Å²) < 4.78 is 54.7. The Hall–Kier alpha value is -2.58. The van der Waals surface area contributed by atoms with E-state index in [0.717, 1.165) is 24.4 Å². The normalized spacial score (nSPS) is 12.0. The highest BCUT2D eigenvalue weighted by atomic mass is 19.4. The van der Waals surface area contributed by atoms with E-state index in [1.54, 1.807) is 6.92 Å². The lowest BCUT2D eigenvalue weighted by atomic mass is 10.2. The fraction of sp³-hybridized carbons (Fsp3) is 0.167. The van der Waals surface area contributed by atoms with Crippen LogP contribution in [-0.2, 0) is 0 Å². The molecule has 1 aromatic carbocycles. The number of rotatable bonds is 3. The number of hydrogen-bond donors (Lipinski definition) is 1. The molecular weight excluding hydrogens is 292 g/mol. The topological polar surface area (TPSA) is 65.4 Å². The molecule has 0 radical (unpaired) electrons. The fourth-order valence-corrected chi connectivity index (χ4v) is 1.54. The number of aromatic nitrogens is 2. The number of imidazole rings is 1. The number of benzene rings is 1. The monoisotopic (exact) mass is 302 g/mol. The maximum atomic E-state index is 13.5. The van der Waals surface area contributed by atoms with Crippen LogP contribution in [0.5, 0.6) is 5.75 Å². The van der Waals surface area contributed by atoms with Crippen molar-refractivity contribution in [2.45, 2.75) is 13.3 Å². The zero-order valence-electron chi connectivity index (χ0n) is 10.7. The van der Waals surface area contributed by atoms with Crippen molar-refractivity contribution < 1.29 is 22.3 Å². The lowest BCUT2D eigenvalue weighted by Crippen LogP contribution is -2.17. The van der Waals surface area contributed by atoms with Crippen LogP contribution in [0.4, 0.5) is 23.5 Å². The van der Waals surface area contributed by atoms with Gasteiger partial charge in [-0.2, -0.15) is 5.10 Å². The molecule has 5 nitrogen and oxygen atoms in total. The molecule has 9 heteroatoms. The first kappa shape index (κ1) is 14.8. The Morgan fingerprint density at radius 1 is 1.38 bits per heavy atom. The molecule has 2 aromatic rings. The van der Waals surface area contributed by atoms with E-state index in [9.17, 15) is 17.6 Å². The molecule has 1 aromatic heterocycles. The van der Waals surface area contributed by atoms with E-state index in [1.807, 2.05) is 0 Å². The molecule has 2 rings (SSSR count). The van der Waals surface area contributed by atoms with Crippen LogP contribution >= 0.6 is 0 Å². The van der Waals surface area contributed by atoms with E-state index in [2.05, 4.69) is 14.8 Å². The van der Waals surface area contributed by atoms with Crippen molar-refractivity contribution in [3.63, 3.8) is 0 Å². The van der Waals surface area contributed by atoms with Gasteiger partial charge in [0, 0.05) is 5.56 Å². The fourth-order valence-electron chi connectivity index (χ4n) is 1.54. The van der Waals surface area contributed by atoms with Gasteiger partial charge in [-0.15, -0.1) is 13.2 Å². The molecule has 0 bridgehead atoms. The molecule has 0 saturated heterocycles. The number of anilines is 1. The summed E-state index contributed by atoms with van der Waals surface area (Å²) in [6.07, 6.45) is -2.34. The van der Waals surface area contributed by atoms with E-state index in [4.69, 9.17) is 5.73 Å². The Bertz CT molecular complexity index is 678. The maximum absolute atomic E-state index is 13.5. The van der Waals surface area contributed by atoms with Crippen molar-refractivity contribution in [2.75, 3.05) is 5.73 Å². The first-order valence-electron chi connectivity index (χ1n) is 5.66. The molecule has 0 aliphatic carbocycles. The molecule has 0 amide bonds. The largest absolute Gasteiger partial charge is 0.573 e.